The van der Waals surface area contributed by atoms with Gasteiger partial charge in [-0.15, -0.1) is 0 Å². The molecule has 0 bridgehead atoms. The van der Waals surface area contributed by atoms with E-state index in [-0.39, 0.29) is 41.3 Å². The number of hydrogen-bond donors (Lipinski definition) is 1. The van der Waals surface area contributed by atoms with Crippen molar-refractivity contribution in [1.82, 2.24) is 18.2 Å². The van der Waals surface area contributed by atoms with Crippen LogP contribution in [0, 0.1) is 23.7 Å². The van der Waals surface area contributed by atoms with Crippen LogP contribution >= 0.6 is 0 Å². The molecule has 3 rings (SSSR count). The first-order chi connectivity index (χ1) is 16.8. The molecule has 198 valence electrons. The average molecular weight is 539 g/mol. The van der Waals surface area contributed by atoms with Gasteiger partial charge in [0.2, 0.25) is 10.0 Å². The quantitative estimate of drug-likeness (QED) is 0.554. The van der Waals surface area contributed by atoms with Crippen molar-refractivity contribution < 1.29 is 26.7 Å². The highest BCUT2D eigenvalue weighted by molar-refractivity contribution is 7.89. The van der Waals surface area contributed by atoms with Gasteiger partial charge in [-0.1, -0.05) is 32.6 Å². The van der Waals surface area contributed by atoms with Gasteiger partial charge < -0.3 is 14.4 Å². The van der Waals surface area contributed by atoms with Crippen LogP contribution in [0.5, 0.6) is 5.75 Å². The zero-order chi connectivity index (χ0) is 26.8. The van der Waals surface area contributed by atoms with Crippen molar-refractivity contribution in [3.8, 4) is 17.6 Å². The lowest BCUT2D eigenvalue weighted by atomic mass is 10.0. The molecule has 1 aliphatic heterocycles. The van der Waals surface area contributed by atoms with Gasteiger partial charge in [-0.2, -0.15) is 8.61 Å². The predicted octanol–water partition coefficient (Wildman–Crippen LogP) is 1.52. The molecule has 2 heterocycles. The molecule has 1 aliphatic rings. The molecular weight excluding hydrogens is 504 g/mol. The number of rotatable bonds is 6. The Kier molecular flexibility index (Phi) is 8.52. The summed E-state index contributed by atoms with van der Waals surface area (Å²) in [6.07, 6.45) is 2.13. The minimum absolute atomic E-state index is 0.0389. The summed E-state index contributed by atoms with van der Waals surface area (Å²) in [6.45, 7) is 6.96. The van der Waals surface area contributed by atoms with E-state index in [1.807, 2.05) is 13.8 Å². The van der Waals surface area contributed by atoms with Gasteiger partial charge in [0.15, 0.2) is 5.03 Å². The van der Waals surface area contributed by atoms with E-state index in [1.54, 1.807) is 37.6 Å². The standard InChI is InChI=1S/C24H34N4O6S2/c1-17(2)7-8-20-9-10-23-21(11-20)34-22(18(3)12-28(19(4)15-29)35(23,30)31)13-27(6)36(32,33)24-14-26(5)16-25-24/h9-11,14,16-19,22,29H,12-13,15H2,1-6H3/t18-,19-,22-/m1/s1. The third-order valence-corrected chi connectivity index (χ3v) is 9.69. The normalized spacial score (nSPS) is 21.1. The van der Waals surface area contributed by atoms with Crippen molar-refractivity contribution in [1.29, 1.82) is 0 Å². The summed E-state index contributed by atoms with van der Waals surface area (Å²) < 4.78 is 63.5. The smallest absolute Gasteiger partial charge is 0.261 e. The highest BCUT2D eigenvalue weighted by Crippen LogP contribution is 2.34. The van der Waals surface area contributed by atoms with E-state index in [0.29, 0.717) is 5.56 Å². The van der Waals surface area contributed by atoms with E-state index in [2.05, 4.69) is 16.8 Å². The number of nitrogens with zero attached hydrogens (tertiary/aromatic N) is 4. The van der Waals surface area contributed by atoms with Gasteiger partial charge in [-0.3, -0.25) is 0 Å². The Balaban J connectivity index is 2.06. The molecule has 0 spiro atoms. The molecule has 0 fully saturated rings. The SMILES string of the molecule is CC(C)C#Cc1ccc2c(c1)O[C@H](CN(C)S(=O)(=O)c1cn(C)cn1)[C@H](C)CN([C@H](C)CO)S2(=O)=O. The van der Waals surface area contributed by atoms with Gasteiger partial charge in [-0.05, 0) is 25.1 Å². The number of likely N-dealkylation sites (N-methyl/N-ethyl adjacent to an activating group) is 1. The zero-order valence-electron chi connectivity index (χ0n) is 21.4. The number of aryl methyl sites for hydroxylation is 1. The monoisotopic (exact) mass is 538 g/mol. The second kappa shape index (κ2) is 10.9. The van der Waals surface area contributed by atoms with Gasteiger partial charge >= 0.3 is 0 Å². The molecule has 1 aromatic heterocycles. The summed E-state index contributed by atoms with van der Waals surface area (Å²) in [5, 5.41) is 9.69. The highest BCUT2D eigenvalue weighted by Gasteiger charge is 2.39. The van der Waals surface area contributed by atoms with E-state index in [1.165, 1.54) is 29.9 Å². The minimum Gasteiger partial charge on any atom is -0.487 e. The molecule has 10 nitrogen and oxygen atoms in total. The Morgan fingerprint density at radius 1 is 1.31 bits per heavy atom. The third kappa shape index (κ3) is 5.92. The van der Waals surface area contributed by atoms with Gasteiger partial charge in [0, 0.05) is 50.3 Å². The van der Waals surface area contributed by atoms with Crippen LogP contribution in [-0.2, 0) is 27.1 Å². The fraction of sp³-hybridized carbons (Fsp3) is 0.542. The highest BCUT2D eigenvalue weighted by atomic mass is 32.2. The van der Waals surface area contributed by atoms with Crippen molar-refractivity contribution >= 4 is 20.0 Å². The Labute approximate surface area is 214 Å². The van der Waals surface area contributed by atoms with Crippen LogP contribution in [0.3, 0.4) is 0 Å². The molecule has 1 N–H and O–H groups in total. The average Bonchev–Trinajstić information content (AvgIpc) is 3.26. The second-order valence-corrected chi connectivity index (χ2v) is 13.3. The van der Waals surface area contributed by atoms with Crippen molar-refractivity contribution in [2.75, 3.05) is 26.7 Å². The molecule has 0 saturated carbocycles. The lowest BCUT2D eigenvalue weighted by molar-refractivity contribution is 0.0904. The largest absolute Gasteiger partial charge is 0.487 e. The van der Waals surface area contributed by atoms with Gasteiger partial charge in [0.25, 0.3) is 10.0 Å². The number of imidazole rings is 1. The zero-order valence-corrected chi connectivity index (χ0v) is 23.0. The van der Waals surface area contributed by atoms with E-state index in [4.69, 9.17) is 4.74 Å². The van der Waals surface area contributed by atoms with Crippen LogP contribution in [0.15, 0.2) is 40.6 Å². The van der Waals surface area contributed by atoms with Crippen LogP contribution in [0.25, 0.3) is 0 Å². The van der Waals surface area contributed by atoms with E-state index >= 15 is 0 Å². The summed E-state index contributed by atoms with van der Waals surface area (Å²) in [5.74, 6) is 5.88. The first-order valence-electron chi connectivity index (χ1n) is 11.7. The number of benzene rings is 1. The number of sulfonamides is 2. The molecule has 0 amide bonds. The molecule has 1 aromatic carbocycles. The van der Waals surface area contributed by atoms with Crippen molar-refractivity contribution in [2.45, 2.75) is 49.8 Å². The Morgan fingerprint density at radius 3 is 2.58 bits per heavy atom. The number of aliphatic hydroxyl groups is 1. The first-order valence-corrected chi connectivity index (χ1v) is 14.5. The number of fused-ring (bicyclic) bond motifs is 1. The molecule has 3 atom stereocenters. The van der Waals surface area contributed by atoms with Gasteiger partial charge in [-0.25, -0.2) is 21.8 Å². The molecular formula is C24H34N4O6S2. The Bertz CT molecular complexity index is 1360. The fourth-order valence-electron chi connectivity index (χ4n) is 3.78. The molecule has 0 radical (unpaired) electrons. The van der Waals surface area contributed by atoms with E-state index < -0.39 is 38.1 Å². The number of hydrogen-bond acceptors (Lipinski definition) is 7. The fourth-order valence-corrected chi connectivity index (χ4v) is 6.75. The predicted molar refractivity (Wildman–Crippen MR) is 135 cm³/mol. The summed E-state index contributed by atoms with van der Waals surface area (Å²) >= 11 is 0. The van der Waals surface area contributed by atoms with Crippen molar-refractivity contribution in [3.05, 3.63) is 36.3 Å². The summed E-state index contributed by atoms with van der Waals surface area (Å²) in [7, 11) is -4.78. The molecule has 2 aromatic rings. The molecule has 12 heteroatoms. The number of aliphatic hydroxyl groups excluding tert-OH is 1. The topological polar surface area (TPSA) is 122 Å². The van der Waals surface area contributed by atoms with E-state index in [9.17, 15) is 21.9 Å². The summed E-state index contributed by atoms with van der Waals surface area (Å²) in [5.41, 5.74) is 0.584. The molecule has 36 heavy (non-hydrogen) atoms. The van der Waals surface area contributed by atoms with E-state index in [0.717, 1.165) is 4.31 Å². The van der Waals surface area contributed by atoms with Crippen LogP contribution in [0.2, 0.25) is 0 Å². The van der Waals surface area contributed by atoms with Crippen LogP contribution < -0.4 is 4.74 Å². The van der Waals surface area contributed by atoms with Gasteiger partial charge in [0.1, 0.15) is 16.7 Å². The molecule has 0 aliphatic carbocycles. The van der Waals surface area contributed by atoms with Crippen LogP contribution in [-0.4, -0.2) is 79.0 Å². The Hall–Kier alpha value is -2.43. The summed E-state index contributed by atoms with van der Waals surface area (Å²) in [6, 6.07) is 3.96. The number of ether oxygens (including phenoxy) is 1. The Morgan fingerprint density at radius 2 is 2.00 bits per heavy atom. The minimum atomic E-state index is -4.00. The number of aromatic nitrogens is 2. The maximum Gasteiger partial charge on any atom is 0.261 e. The molecule has 0 saturated heterocycles. The second-order valence-electron chi connectivity index (χ2n) is 9.49. The lowest BCUT2D eigenvalue weighted by Crippen LogP contribution is -2.50. The lowest BCUT2D eigenvalue weighted by Gasteiger charge is -2.37. The van der Waals surface area contributed by atoms with Crippen molar-refractivity contribution in [2.24, 2.45) is 18.9 Å². The van der Waals surface area contributed by atoms with Crippen LogP contribution in [0.1, 0.15) is 33.3 Å². The third-order valence-electron chi connectivity index (χ3n) is 5.97. The maximum absolute atomic E-state index is 13.6. The van der Waals surface area contributed by atoms with Gasteiger partial charge in [0.05, 0.1) is 19.5 Å². The first kappa shape index (κ1) is 28.1. The molecule has 0 unspecified atom stereocenters. The summed E-state index contributed by atoms with van der Waals surface area (Å²) in [4.78, 5) is 3.91. The van der Waals surface area contributed by atoms with Crippen molar-refractivity contribution in [3.63, 3.8) is 0 Å². The van der Waals surface area contributed by atoms with Crippen LogP contribution in [0.4, 0.5) is 0 Å². The maximum atomic E-state index is 13.6.